The van der Waals surface area contributed by atoms with Crippen molar-refractivity contribution in [1.29, 1.82) is 0 Å². The first-order valence-electron chi connectivity index (χ1n) is 6.72. The Bertz CT molecular complexity index is 588. The number of aryl methyl sites for hydroxylation is 2. The molecule has 0 aliphatic heterocycles. The van der Waals surface area contributed by atoms with Crippen LogP contribution in [0.4, 0.5) is 0 Å². The third kappa shape index (κ3) is 3.33. The maximum Gasteiger partial charge on any atom is 0.124 e. The Morgan fingerprint density at radius 3 is 2.40 bits per heavy atom. The highest BCUT2D eigenvalue weighted by molar-refractivity contribution is 6.30. The van der Waals surface area contributed by atoms with Gasteiger partial charge in [-0.3, -0.25) is 0 Å². The Hall–Kier alpha value is -1.51. The summed E-state index contributed by atoms with van der Waals surface area (Å²) >= 11 is 6.02. The van der Waals surface area contributed by atoms with Crippen molar-refractivity contribution >= 4 is 11.6 Å². The van der Waals surface area contributed by atoms with E-state index in [1.165, 1.54) is 16.7 Å². The summed E-state index contributed by atoms with van der Waals surface area (Å²) in [6, 6.07) is 11.7. The molecular weight excluding hydrogens is 270 g/mol. The number of halogens is 1. The van der Waals surface area contributed by atoms with Crippen LogP contribution in [-0.4, -0.2) is 0 Å². The summed E-state index contributed by atoms with van der Waals surface area (Å²) in [5.41, 5.74) is 10.6. The number of benzene rings is 2. The van der Waals surface area contributed by atoms with Crippen LogP contribution in [0, 0.1) is 13.8 Å². The lowest BCUT2D eigenvalue weighted by Crippen LogP contribution is -2.09. The molecule has 0 spiro atoms. The van der Waals surface area contributed by atoms with Gasteiger partial charge in [0.15, 0.2) is 0 Å². The lowest BCUT2D eigenvalue weighted by Gasteiger charge is -2.16. The first-order chi connectivity index (χ1) is 9.49. The molecule has 3 heteroatoms. The summed E-state index contributed by atoms with van der Waals surface area (Å²) in [5.74, 6) is 0.798. The molecule has 0 saturated carbocycles. The minimum atomic E-state index is -0.110. The van der Waals surface area contributed by atoms with Gasteiger partial charge in [-0.2, -0.15) is 0 Å². The number of nitrogens with two attached hydrogens (primary N) is 1. The van der Waals surface area contributed by atoms with Crippen molar-refractivity contribution in [3.05, 3.63) is 63.7 Å². The second-order valence-electron chi connectivity index (χ2n) is 5.13. The Morgan fingerprint density at radius 1 is 1.15 bits per heavy atom. The van der Waals surface area contributed by atoms with Crippen molar-refractivity contribution in [2.24, 2.45) is 5.73 Å². The van der Waals surface area contributed by atoms with Crippen LogP contribution in [0.15, 0.2) is 36.4 Å². The van der Waals surface area contributed by atoms with Crippen LogP contribution < -0.4 is 10.5 Å². The monoisotopic (exact) mass is 289 g/mol. The highest BCUT2D eigenvalue weighted by Gasteiger charge is 2.10. The van der Waals surface area contributed by atoms with E-state index in [1.54, 1.807) is 0 Å². The van der Waals surface area contributed by atoms with E-state index in [2.05, 4.69) is 32.0 Å². The summed E-state index contributed by atoms with van der Waals surface area (Å²) < 4.78 is 5.96. The van der Waals surface area contributed by atoms with Gasteiger partial charge < -0.3 is 10.5 Å². The summed E-state index contributed by atoms with van der Waals surface area (Å²) in [4.78, 5) is 0. The zero-order chi connectivity index (χ0) is 14.7. The van der Waals surface area contributed by atoms with Gasteiger partial charge in [0.2, 0.25) is 0 Å². The average molecular weight is 290 g/mol. The van der Waals surface area contributed by atoms with Gasteiger partial charge in [-0.15, -0.1) is 0 Å². The Morgan fingerprint density at radius 2 is 1.80 bits per heavy atom. The van der Waals surface area contributed by atoms with Crippen LogP contribution in [0.5, 0.6) is 5.75 Å². The van der Waals surface area contributed by atoms with Crippen molar-refractivity contribution in [1.82, 2.24) is 0 Å². The van der Waals surface area contributed by atoms with Gasteiger partial charge in [0.1, 0.15) is 12.4 Å². The highest BCUT2D eigenvalue weighted by atomic mass is 35.5. The molecule has 0 radical (unpaired) electrons. The molecule has 2 aromatic carbocycles. The standard InChI is InChI=1S/C17H20ClNO/c1-11-5-4-6-12(2)16(11)10-20-17-8-7-14(18)9-15(17)13(3)19/h4-9,13H,10,19H2,1-3H3/t13-/m1/s1. The van der Waals surface area contributed by atoms with Crippen molar-refractivity contribution in [3.8, 4) is 5.75 Å². The molecule has 1 atom stereocenters. The van der Waals surface area contributed by atoms with Crippen molar-refractivity contribution < 1.29 is 4.74 Å². The lowest BCUT2D eigenvalue weighted by atomic mass is 10.0. The fraction of sp³-hybridized carbons (Fsp3) is 0.294. The molecule has 0 aromatic heterocycles. The smallest absolute Gasteiger partial charge is 0.124 e. The van der Waals surface area contributed by atoms with Crippen LogP contribution in [0.25, 0.3) is 0 Å². The zero-order valence-corrected chi connectivity index (χ0v) is 12.9. The third-order valence-electron chi connectivity index (χ3n) is 3.48. The first-order valence-corrected chi connectivity index (χ1v) is 7.09. The molecule has 106 valence electrons. The first kappa shape index (κ1) is 14.9. The number of ether oxygens (including phenoxy) is 1. The van der Waals surface area contributed by atoms with E-state index in [0.717, 1.165) is 11.3 Å². The molecule has 0 heterocycles. The quantitative estimate of drug-likeness (QED) is 0.896. The Labute approximate surface area is 125 Å². The van der Waals surface area contributed by atoms with Crippen LogP contribution in [0.3, 0.4) is 0 Å². The van der Waals surface area contributed by atoms with Gasteiger partial charge >= 0.3 is 0 Å². The largest absolute Gasteiger partial charge is 0.489 e. The van der Waals surface area contributed by atoms with Gasteiger partial charge in [-0.1, -0.05) is 29.8 Å². The molecule has 0 aliphatic carbocycles. The Balaban J connectivity index is 2.23. The summed E-state index contributed by atoms with van der Waals surface area (Å²) in [6.45, 7) is 6.66. The highest BCUT2D eigenvalue weighted by Crippen LogP contribution is 2.28. The van der Waals surface area contributed by atoms with E-state index in [1.807, 2.05) is 25.1 Å². The van der Waals surface area contributed by atoms with Crippen molar-refractivity contribution in [2.45, 2.75) is 33.4 Å². The van der Waals surface area contributed by atoms with Gasteiger partial charge in [0.05, 0.1) is 0 Å². The van der Waals surface area contributed by atoms with E-state index in [0.29, 0.717) is 11.6 Å². The predicted molar refractivity (Wildman–Crippen MR) is 84.3 cm³/mol. The normalized spacial score (nSPS) is 12.2. The molecule has 0 fully saturated rings. The zero-order valence-electron chi connectivity index (χ0n) is 12.1. The predicted octanol–water partition coefficient (Wildman–Crippen LogP) is 4.56. The van der Waals surface area contributed by atoms with E-state index < -0.39 is 0 Å². The van der Waals surface area contributed by atoms with Crippen LogP contribution in [0.1, 0.15) is 35.2 Å². The van der Waals surface area contributed by atoms with Crippen molar-refractivity contribution in [2.75, 3.05) is 0 Å². The fourth-order valence-corrected chi connectivity index (χ4v) is 2.41. The fourth-order valence-electron chi connectivity index (χ4n) is 2.23. The third-order valence-corrected chi connectivity index (χ3v) is 3.71. The second kappa shape index (κ2) is 6.29. The summed E-state index contributed by atoms with van der Waals surface area (Å²) in [6.07, 6.45) is 0. The van der Waals surface area contributed by atoms with Gasteiger partial charge in [-0.25, -0.2) is 0 Å². The molecule has 20 heavy (non-hydrogen) atoms. The number of hydrogen-bond acceptors (Lipinski definition) is 2. The molecular formula is C17H20ClNO. The molecule has 0 amide bonds. The number of rotatable bonds is 4. The molecule has 2 aromatic rings. The molecule has 0 bridgehead atoms. The van der Waals surface area contributed by atoms with E-state index in [4.69, 9.17) is 22.1 Å². The van der Waals surface area contributed by atoms with Crippen LogP contribution in [0.2, 0.25) is 5.02 Å². The molecule has 2 N–H and O–H groups in total. The molecule has 0 aliphatic rings. The topological polar surface area (TPSA) is 35.2 Å². The van der Waals surface area contributed by atoms with Crippen LogP contribution >= 0.6 is 11.6 Å². The average Bonchev–Trinajstić information content (AvgIpc) is 2.39. The summed E-state index contributed by atoms with van der Waals surface area (Å²) in [7, 11) is 0. The van der Waals surface area contributed by atoms with Gasteiger partial charge in [0, 0.05) is 16.6 Å². The minimum Gasteiger partial charge on any atom is -0.489 e. The molecule has 0 saturated heterocycles. The minimum absolute atomic E-state index is 0.110. The van der Waals surface area contributed by atoms with Crippen LogP contribution in [-0.2, 0) is 6.61 Å². The lowest BCUT2D eigenvalue weighted by molar-refractivity contribution is 0.300. The second-order valence-corrected chi connectivity index (χ2v) is 5.57. The molecule has 0 unspecified atom stereocenters. The maximum absolute atomic E-state index is 6.02. The van der Waals surface area contributed by atoms with Gasteiger partial charge in [-0.05, 0) is 55.7 Å². The van der Waals surface area contributed by atoms with Gasteiger partial charge in [0.25, 0.3) is 0 Å². The van der Waals surface area contributed by atoms with Crippen molar-refractivity contribution in [3.63, 3.8) is 0 Å². The van der Waals surface area contributed by atoms with E-state index >= 15 is 0 Å². The summed E-state index contributed by atoms with van der Waals surface area (Å²) in [5, 5.41) is 0.678. The van der Waals surface area contributed by atoms with E-state index in [9.17, 15) is 0 Å². The number of hydrogen-bond donors (Lipinski definition) is 1. The molecule has 2 nitrogen and oxygen atoms in total. The molecule has 2 rings (SSSR count). The Kier molecular flexibility index (Phi) is 4.69. The maximum atomic E-state index is 6.02. The SMILES string of the molecule is Cc1cccc(C)c1COc1ccc(Cl)cc1[C@@H](C)N. The van der Waals surface area contributed by atoms with E-state index in [-0.39, 0.29) is 6.04 Å².